The highest BCUT2D eigenvalue weighted by Crippen LogP contribution is 2.20. The molecule has 0 spiro atoms. The van der Waals surface area contributed by atoms with E-state index in [1.54, 1.807) is 12.1 Å². The van der Waals surface area contributed by atoms with Crippen LogP contribution in [0.2, 0.25) is 0 Å². The van der Waals surface area contributed by atoms with Crippen LogP contribution in [0.25, 0.3) is 0 Å². The maximum absolute atomic E-state index is 12.0. The largest absolute Gasteiger partial charge is 0.309 e. The van der Waals surface area contributed by atoms with Crippen LogP contribution in [-0.2, 0) is 6.42 Å². The molecule has 0 aliphatic carbocycles. The van der Waals surface area contributed by atoms with Crippen molar-refractivity contribution in [2.24, 2.45) is 0 Å². The van der Waals surface area contributed by atoms with E-state index in [1.807, 2.05) is 14.1 Å². The highest BCUT2D eigenvalue weighted by atomic mass is 32.1. The Hall–Kier alpha value is -1.64. The lowest BCUT2D eigenvalue weighted by atomic mass is 10.3. The molecule has 2 aromatic heterocycles. The number of carbonyl (C=O) groups excluding carboxylic acids is 2. The molecule has 6 nitrogen and oxygen atoms in total. The second kappa shape index (κ2) is 6.88. The number of nitrogens with zero attached hydrogens (tertiary/aromatic N) is 3. The molecule has 0 aromatic carbocycles. The van der Waals surface area contributed by atoms with Gasteiger partial charge in [-0.15, -0.1) is 21.5 Å². The standard InChI is InChI=1S/C13H16N4O2S2/c1-8(18)9-4-5-10(20-9)12(19)14-13-16-15-11(21-13)6-7-17(2)3/h4-5H,6-7H2,1-3H3,(H,14,16,19). The lowest BCUT2D eigenvalue weighted by Gasteiger charge is -2.05. The zero-order chi connectivity index (χ0) is 15.4. The molecule has 2 heterocycles. The van der Waals surface area contributed by atoms with Crippen LogP contribution in [0, 0.1) is 0 Å². The number of likely N-dealkylation sites (N-methyl/N-ethyl adjacent to an activating group) is 1. The number of ketones is 1. The van der Waals surface area contributed by atoms with Crippen LogP contribution in [0.15, 0.2) is 12.1 Å². The van der Waals surface area contributed by atoms with Crippen LogP contribution in [0.4, 0.5) is 5.13 Å². The molecule has 0 saturated carbocycles. The number of amides is 1. The first-order valence-electron chi connectivity index (χ1n) is 6.35. The zero-order valence-electron chi connectivity index (χ0n) is 12.0. The van der Waals surface area contributed by atoms with Gasteiger partial charge in [0.2, 0.25) is 5.13 Å². The predicted molar refractivity (Wildman–Crippen MR) is 84.4 cm³/mol. The topological polar surface area (TPSA) is 75.2 Å². The molecule has 2 rings (SSSR count). The lowest BCUT2D eigenvalue weighted by Crippen LogP contribution is -2.14. The van der Waals surface area contributed by atoms with E-state index in [4.69, 9.17) is 0 Å². The van der Waals surface area contributed by atoms with Gasteiger partial charge in [-0.2, -0.15) is 0 Å². The minimum Gasteiger partial charge on any atom is -0.309 e. The molecule has 0 radical (unpaired) electrons. The van der Waals surface area contributed by atoms with Crippen molar-refractivity contribution >= 4 is 39.5 Å². The number of carbonyl (C=O) groups is 2. The maximum Gasteiger partial charge on any atom is 0.267 e. The monoisotopic (exact) mass is 324 g/mol. The number of thiophene rings is 1. The maximum atomic E-state index is 12.0. The summed E-state index contributed by atoms with van der Waals surface area (Å²) in [5, 5.41) is 12.1. The summed E-state index contributed by atoms with van der Waals surface area (Å²) in [6.07, 6.45) is 0.800. The van der Waals surface area contributed by atoms with Gasteiger partial charge >= 0.3 is 0 Å². The molecule has 2 aromatic rings. The van der Waals surface area contributed by atoms with Gasteiger partial charge in [0.05, 0.1) is 9.75 Å². The molecule has 0 saturated heterocycles. The summed E-state index contributed by atoms with van der Waals surface area (Å²) in [5.41, 5.74) is 0. The summed E-state index contributed by atoms with van der Waals surface area (Å²) >= 11 is 2.55. The SMILES string of the molecule is CC(=O)c1ccc(C(=O)Nc2nnc(CCN(C)C)s2)s1. The third-order valence-corrected chi connectivity index (χ3v) is 4.72. The van der Waals surface area contributed by atoms with E-state index < -0.39 is 0 Å². The van der Waals surface area contributed by atoms with Gasteiger partial charge in [0.25, 0.3) is 5.91 Å². The van der Waals surface area contributed by atoms with Crippen LogP contribution in [-0.4, -0.2) is 47.4 Å². The Balaban J connectivity index is 1.97. The highest BCUT2D eigenvalue weighted by Gasteiger charge is 2.14. The molecule has 8 heteroatoms. The number of nitrogens with one attached hydrogen (secondary N) is 1. The molecule has 112 valence electrons. The van der Waals surface area contributed by atoms with E-state index in [0.717, 1.165) is 18.0 Å². The Labute approximate surface area is 130 Å². The van der Waals surface area contributed by atoms with Gasteiger partial charge in [-0.3, -0.25) is 14.9 Å². The minimum absolute atomic E-state index is 0.0408. The summed E-state index contributed by atoms with van der Waals surface area (Å²) in [4.78, 5) is 26.4. The van der Waals surface area contributed by atoms with Crippen LogP contribution >= 0.6 is 22.7 Å². The van der Waals surface area contributed by atoms with Crippen molar-refractivity contribution in [3.63, 3.8) is 0 Å². The molecule has 0 unspecified atom stereocenters. The van der Waals surface area contributed by atoms with E-state index in [2.05, 4.69) is 20.4 Å². The smallest absolute Gasteiger partial charge is 0.267 e. The number of rotatable bonds is 6. The molecule has 1 N–H and O–H groups in total. The molecular formula is C13H16N4O2S2. The molecule has 21 heavy (non-hydrogen) atoms. The van der Waals surface area contributed by atoms with Gasteiger partial charge in [-0.25, -0.2) is 0 Å². The number of anilines is 1. The first kappa shape index (κ1) is 15.7. The second-order valence-electron chi connectivity index (χ2n) is 4.73. The fraction of sp³-hybridized carbons (Fsp3) is 0.385. The fourth-order valence-electron chi connectivity index (χ4n) is 1.53. The summed E-state index contributed by atoms with van der Waals surface area (Å²) in [5.74, 6) is -0.302. The average Bonchev–Trinajstić information content (AvgIpc) is 3.05. The second-order valence-corrected chi connectivity index (χ2v) is 6.87. The molecular weight excluding hydrogens is 308 g/mol. The number of hydrogen-bond acceptors (Lipinski definition) is 7. The lowest BCUT2D eigenvalue weighted by molar-refractivity contribution is 0.101. The van der Waals surface area contributed by atoms with Crippen molar-refractivity contribution < 1.29 is 9.59 Å². The third kappa shape index (κ3) is 4.42. The van der Waals surface area contributed by atoms with Gasteiger partial charge in [0.15, 0.2) is 5.78 Å². The van der Waals surface area contributed by atoms with E-state index in [-0.39, 0.29) is 11.7 Å². The summed E-state index contributed by atoms with van der Waals surface area (Å²) in [6.45, 7) is 2.37. The molecule has 0 aliphatic heterocycles. The van der Waals surface area contributed by atoms with Gasteiger partial charge in [-0.05, 0) is 33.2 Å². The Morgan fingerprint density at radius 1 is 1.19 bits per heavy atom. The number of Topliss-reactive ketones (excluding diaryl/α,β-unsaturated/α-hetero) is 1. The third-order valence-electron chi connectivity index (χ3n) is 2.64. The van der Waals surface area contributed by atoms with E-state index in [1.165, 1.54) is 29.6 Å². The van der Waals surface area contributed by atoms with Crippen molar-refractivity contribution in [2.45, 2.75) is 13.3 Å². The van der Waals surface area contributed by atoms with Gasteiger partial charge in [0, 0.05) is 13.0 Å². The molecule has 0 atom stereocenters. The fourth-order valence-corrected chi connectivity index (χ4v) is 3.05. The summed E-state index contributed by atoms with van der Waals surface area (Å²) in [6, 6.07) is 3.30. The Kier molecular flexibility index (Phi) is 5.16. The van der Waals surface area contributed by atoms with Crippen molar-refractivity contribution in [1.29, 1.82) is 0 Å². The Morgan fingerprint density at radius 2 is 1.90 bits per heavy atom. The van der Waals surface area contributed by atoms with Gasteiger partial charge < -0.3 is 4.90 Å². The highest BCUT2D eigenvalue weighted by molar-refractivity contribution is 7.17. The van der Waals surface area contributed by atoms with Crippen LogP contribution in [0.1, 0.15) is 31.3 Å². The van der Waals surface area contributed by atoms with E-state index >= 15 is 0 Å². The minimum atomic E-state index is -0.261. The van der Waals surface area contributed by atoms with E-state index in [0.29, 0.717) is 14.9 Å². The van der Waals surface area contributed by atoms with Crippen molar-refractivity contribution in [2.75, 3.05) is 26.0 Å². The van der Waals surface area contributed by atoms with Gasteiger partial charge in [0.1, 0.15) is 5.01 Å². The first-order valence-corrected chi connectivity index (χ1v) is 7.98. The van der Waals surface area contributed by atoms with Crippen molar-refractivity contribution in [3.8, 4) is 0 Å². The zero-order valence-corrected chi connectivity index (χ0v) is 13.7. The first-order chi connectivity index (χ1) is 9.95. The average molecular weight is 324 g/mol. The normalized spacial score (nSPS) is 10.9. The van der Waals surface area contributed by atoms with Crippen LogP contribution < -0.4 is 5.32 Å². The number of aromatic nitrogens is 2. The van der Waals surface area contributed by atoms with Crippen LogP contribution in [0.3, 0.4) is 0 Å². The molecule has 1 amide bonds. The molecule has 0 bridgehead atoms. The van der Waals surface area contributed by atoms with E-state index in [9.17, 15) is 9.59 Å². The molecule has 0 aliphatic rings. The van der Waals surface area contributed by atoms with Crippen LogP contribution in [0.5, 0.6) is 0 Å². The Bertz CT molecular complexity index is 648. The summed E-state index contributed by atoms with van der Waals surface area (Å²) in [7, 11) is 3.99. The quantitative estimate of drug-likeness (QED) is 0.824. The number of hydrogen-bond donors (Lipinski definition) is 1. The van der Waals surface area contributed by atoms with Crippen molar-refractivity contribution in [1.82, 2.24) is 15.1 Å². The molecule has 0 fully saturated rings. The predicted octanol–water partition coefficient (Wildman–Crippen LogP) is 2.16. The van der Waals surface area contributed by atoms with Gasteiger partial charge in [-0.1, -0.05) is 11.3 Å². The Morgan fingerprint density at radius 3 is 2.52 bits per heavy atom. The summed E-state index contributed by atoms with van der Waals surface area (Å²) < 4.78 is 0. The van der Waals surface area contributed by atoms with Crippen molar-refractivity contribution in [3.05, 3.63) is 26.9 Å².